The Morgan fingerprint density at radius 3 is 2.43 bits per heavy atom. The van der Waals surface area contributed by atoms with Crippen molar-refractivity contribution in [1.29, 1.82) is 0 Å². The normalized spacial score (nSPS) is 19.9. The second-order valence-corrected chi connectivity index (χ2v) is 7.59. The molecule has 0 radical (unpaired) electrons. The average molecular weight is 396 g/mol. The third-order valence-corrected chi connectivity index (χ3v) is 5.64. The molecule has 1 aliphatic heterocycles. The molecule has 0 unspecified atom stereocenters. The van der Waals surface area contributed by atoms with Gasteiger partial charge in [-0.25, -0.2) is 0 Å². The van der Waals surface area contributed by atoms with Crippen LogP contribution in [0, 0.1) is 5.92 Å². The molecule has 4 rings (SSSR count). The van der Waals surface area contributed by atoms with E-state index in [0.29, 0.717) is 31.7 Å². The highest BCUT2D eigenvalue weighted by Crippen LogP contribution is 2.29. The van der Waals surface area contributed by atoms with Crippen molar-refractivity contribution in [2.45, 2.75) is 57.2 Å². The predicted molar refractivity (Wildman–Crippen MR) is 95.7 cm³/mol. The van der Waals surface area contributed by atoms with Gasteiger partial charge in [-0.2, -0.15) is 17.7 Å². The van der Waals surface area contributed by atoms with Gasteiger partial charge in [-0.05, 0) is 37.8 Å². The highest BCUT2D eigenvalue weighted by atomic mass is 19.4. The van der Waals surface area contributed by atoms with Crippen LogP contribution >= 0.6 is 0 Å². The SMILES string of the molecule is O=C(NC1CCCCC1)C1CCN(c2ccc3nnc(C(F)(F)F)n3n2)CC1. The second kappa shape index (κ2) is 7.56. The van der Waals surface area contributed by atoms with Gasteiger partial charge >= 0.3 is 6.18 Å². The number of fused-ring (bicyclic) bond motifs is 1. The first-order valence-electron chi connectivity index (χ1n) is 9.77. The molecule has 2 aromatic heterocycles. The zero-order valence-corrected chi connectivity index (χ0v) is 15.5. The quantitative estimate of drug-likeness (QED) is 0.864. The molecule has 1 saturated carbocycles. The molecule has 1 N–H and O–H groups in total. The molecule has 1 aliphatic carbocycles. The lowest BCUT2D eigenvalue weighted by molar-refractivity contribution is -0.146. The molecule has 10 heteroatoms. The molecule has 1 saturated heterocycles. The van der Waals surface area contributed by atoms with E-state index >= 15 is 0 Å². The number of anilines is 1. The molecule has 0 aromatic carbocycles. The molecule has 2 aromatic rings. The highest BCUT2D eigenvalue weighted by molar-refractivity contribution is 5.79. The molecule has 28 heavy (non-hydrogen) atoms. The molecule has 2 aliphatic rings. The fourth-order valence-corrected chi connectivity index (χ4v) is 4.06. The van der Waals surface area contributed by atoms with Crippen molar-refractivity contribution in [2.75, 3.05) is 18.0 Å². The third kappa shape index (κ3) is 3.90. The lowest BCUT2D eigenvalue weighted by atomic mass is 9.92. The van der Waals surface area contributed by atoms with Crippen molar-refractivity contribution in [3.05, 3.63) is 18.0 Å². The summed E-state index contributed by atoms with van der Waals surface area (Å²) in [6, 6.07) is 3.41. The Kier molecular flexibility index (Phi) is 5.11. The zero-order valence-electron chi connectivity index (χ0n) is 15.5. The summed E-state index contributed by atoms with van der Waals surface area (Å²) in [4.78, 5) is 14.4. The van der Waals surface area contributed by atoms with Gasteiger partial charge in [-0.3, -0.25) is 4.79 Å². The number of piperidine rings is 1. The van der Waals surface area contributed by atoms with Crippen LogP contribution in [0.15, 0.2) is 12.1 Å². The Labute approximate surface area is 160 Å². The molecule has 0 atom stereocenters. The molecule has 3 heterocycles. The van der Waals surface area contributed by atoms with Gasteiger partial charge in [-0.1, -0.05) is 19.3 Å². The van der Waals surface area contributed by atoms with E-state index in [1.807, 2.05) is 4.90 Å². The summed E-state index contributed by atoms with van der Waals surface area (Å²) in [7, 11) is 0. The van der Waals surface area contributed by atoms with E-state index in [0.717, 1.165) is 17.4 Å². The van der Waals surface area contributed by atoms with E-state index in [1.165, 1.54) is 25.3 Å². The first-order valence-corrected chi connectivity index (χ1v) is 9.77. The summed E-state index contributed by atoms with van der Waals surface area (Å²) in [6.45, 7) is 1.15. The van der Waals surface area contributed by atoms with Crippen LogP contribution in [-0.4, -0.2) is 44.8 Å². The average Bonchev–Trinajstić information content (AvgIpc) is 3.12. The fraction of sp³-hybridized carbons (Fsp3) is 0.667. The van der Waals surface area contributed by atoms with Gasteiger partial charge in [0.1, 0.15) is 5.82 Å². The molecular weight excluding hydrogens is 373 g/mol. The van der Waals surface area contributed by atoms with Crippen molar-refractivity contribution in [1.82, 2.24) is 25.1 Å². The van der Waals surface area contributed by atoms with Gasteiger partial charge in [0, 0.05) is 25.0 Å². The van der Waals surface area contributed by atoms with E-state index in [4.69, 9.17) is 0 Å². The topological polar surface area (TPSA) is 75.4 Å². The Bertz CT molecular complexity index is 837. The van der Waals surface area contributed by atoms with E-state index in [2.05, 4.69) is 20.6 Å². The number of hydrogen-bond acceptors (Lipinski definition) is 5. The second-order valence-electron chi connectivity index (χ2n) is 7.59. The van der Waals surface area contributed by atoms with Gasteiger partial charge in [0.15, 0.2) is 5.65 Å². The first-order chi connectivity index (χ1) is 13.4. The largest absolute Gasteiger partial charge is 0.453 e. The van der Waals surface area contributed by atoms with E-state index in [1.54, 1.807) is 6.07 Å². The summed E-state index contributed by atoms with van der Waals surface area (Å²) in [6.07, 6.45) is 2.38. The van der Waals surface area contributed by atoms with Crippen molar-refractivity contribution >= 4 is 17.4 Å². The maximum Gasteiger partial charge on any atom is 0.453 e. The number of rotatable bonds is 3. The van der Waals surface area contributed by atoms with Crippen LogP contribution in [0.4, 0.5) is 19.0 Å². The Morgan fingerprint density at radius 1 is 1.04 bits per heavy atom. The monoisotopic (exact) mass is 396 g/mol. The molecule has 7 nitrogen and oxygen atoms in total. The number of nitrogens with one attached hydrogen (secondary N) is 1. The van der Waals surface area contributed by atoms with Crippen LogP contribution in [0.5, 0.6) is 0 Å². The zero-order chi connectivity index (χ0) is 19.7. The molecule has 152 valence electrons. The number of aromatic nitrogens is 4. The minimum Gasteiger partial charge on any atom is -0.355 e. The van der Waals surface area contributed by atoms with E-state index in [9.17, 15) is 18.0 Å². The van der Waals surface area contributed by atoms with Gasteiger partial charge in [0.25, 0.3) is 5.82 Å². The number of hydrogen-bond donors (Lipinski definition) is 1. The number of alkyl halides is 3. The summed E-state index contributed by atoms with van der Waals surface area (Å²) >= 11 is 0. The van der Waals surface area contributed by atoms with Crippen molar-refractivity contribution < 1.29 is 18.0 Å². The highest BCUT2D eigenvalue weighted by Gasteiger charge is 2.38. The molecule has 0 bridgehead atoms. The van der Waals surface area contributed by atoms with Crippen LogP contribution < -0.4 is 10.2 Å². The van der Waals surface area contributed by atoms with Crippen LogP contribution in [0.3, 0.4) is 0 Å². The fourth-order valence-electron chi connectivity index (χ4n) is 4.06. The Morgan fingerprint density at radius 2 is 1.75 bits per heavy atom. The van der Waals surface area contributed by atoms with Gasteiger partial charge in [0.2, 0.25) is 5.91 Å². The van der Waals surface area contributed by atoms with Gasteiger partial charge < -0.3 is 10.2 Å². The number of carbonyl (C=O) groups excluding carboxylic acids is 1. The Hall–Kier alpha value is -2.39. The number of amides is 1. The lowest BCUT2D eigenvalue weighted by Gasteiger charge is -2.33. The number of halogens is 3. The summed E-state index contributed by atoms with van der Waals surface area (Å²) in [5.74, 6) is -0.647. The smallest absolute Gasteiger partial charge is 0.355 e. The minimum atomic E-state index is -4.62. The summed E-state index contributed by atoms with van der Waals surface area (Å²) in [5.41, 5.74) is 0.0535. The standard InChI is InChI=1S/C18H23F3N6O/c19-18(20,21)17-24-23-14-6-7-15(25-27(14)17)26-10-8-12(9-11-26)16(28)22-13-4-2-1-3-5-13/h6-7,12-13H,1-5,8-11H2,(H,22,28). The predicted octanol–water partition coefficient (Wildman–Crippen LogP) is 2.81. The van der Waals surface area contributed by atoms with Crippen LogP contribution in [0.1, 0.15) is 50.8 Å². The molecule has 2 fully saturated rings. The van der Waals surface area contributed by atoms with Crippen LogP contribution in [-0.2, 0) is 11.0 Å². The van der Waals surface area contributed by atoms with E-state index < -0.39 is 12.0 Å². The van der Waals surface area contributed by atoms with Crippen molar-refractivity contribution in [3.8, 4) is 0 Å². The van der Waals surface area contributed by atoms with Gasteiger partial charge in [0.05, 0.1) is 0 Å². The van der Waals surface area contributed by atoms with Crippen molar-refractivity contribution in [2.24, 2.45) is 5.92 Å². The van der Waals surface area contributed by atoms with Crippen molar-refractivity contribution in [3.63, 3.8) is 0 Å². The minimum absolute atomic E-state index is 0.0532. The molecule has 0 spiro atoms. The Balaban J connectivity index is 1.40. The third-order valence-electron chi connectivity index (χ3n) is 5.64. The number of nitrogens with zero attached hydrogens (tertiary/aromatic N) is 5. The van der Waals surface area contributed by atoms with E-state index in [-0.39, 0.29) is 23.5 Å². The summed E-state index contributed by atoms with van der Waals surface area (Å²) < 4.78 is 39.8. The van der Waals surface area contributed by atoms with Crippen LogP contribution in [0.2, 0.25) is 0 Å². The summed E-state index contributed by atoms with van der Waals surface area (Å²) in [5, 5.41) is 14.0. The maximum atomic E-state index is 13.0. The van der Waals surface area contributed by atoms with Crippen LogP contribution in [0.25, 0.3) is 5.65 Å². The molecule has 1 amide bonds. The molecular formula is C18H23F3N6O. The first kappa shape index (κ1) is 18.9. The van der Waals surface area contributed by atoms with Gasteiger partial charge in [-0.15, -0.1) is 15.3 Å². The maximum absolute atomic E-state index is 13.0. The lowest BCUT2D eigenvalue weighted by Crippen LogP contribution is -2.44. The number of carbonyl (C=O) groups is 1.